The van der Waals surface area contributed by atoms with Crippen LogP contribution in [-0.4, -0.2) is 16.1 Å². The molecule has 3 aromatic rings. The van der Waals surface area contributed by atoms with Crippen LogP contribution in [0.1, 0.15) is 16.7 Å². The lowest BCUT2D eigenvalue weighted by Crippen LogP contribution is -2.24. The van der Waals surface area contributed by atoms with Gasteiger partial charge in [-0.25, -0.2) is 0 Å². The van der Waals surface area contributed by atoms with Gasteiger partial charge in [0.2, 0.25) is 5.91 Å². The standard InChI is InChI=1S/C22H20N2OS2/c1-15-4-5-17-12-21(27-20(17)11-15)22(25)24-18-6-8-19(9-7-18)26-14-16-3-2-10-23-13-16/h2-11,13,21H,12,14H2,1H3,(H,24,25)/t21-/m1/s1. The van der Waals surface area contributed by atoms with E-state index in [1.165, 1.54) is 26.5 Å². The molecule has 5 heteroatoms. The van der Waals surface area contributed by atoms with E-state index in [9.17, 15) is 4.79 Å². The number of rotatable bonds is 5. The van der Waals surface area contributed by atoms with Crippen LogP contribution in [0.5, 0.6) is 0 Å². The first kappa shape index (κ1) is 18.1. The van der Waals surface area contributed by atoms with Crippen LogP contribution in [0.4, 0.5) is 5.69 Å². The molecule has 0 aliphatic carbocycles. The van der Waals surface area contributed by atoms with Crippen molar-refractivity contribution in [2.45, 2.75) is 34.1 Å². The fourth-order valence-electron chi connectivity index (χ4n) is 2.99. The lowest BCUT2D eigenvalue weighted by atomic mass is 10.1. The summed E-state index contributed by atoms with van der Waals surface area (Å²) in [6.45, 7) is 2.09. The first-order chi connectivity index (χ1) is 13.2. The number of amides is 1. The predicted octanol–water partition coefficient (Wildman–Crippen LogP) is 5.34. The van der Waals surface area contributed by atoms with E-state index in [0.29, 0.717) is 0 Å². The van der Waals surface area contributed by atoms with E-state index in [1.807, 2.05) is 24.4 Å². The van der Waals surface area contributed by atoms with Gasteiger partial charge in [0.15, 0.2) is 0 Å². The summed E-state index contributed by atoms with van der Waals surface area (Å²) in [6.07, 6.45) is 4.47. The lowest BCUT2D eigenvalue weighted by Gasteiger charge is -2.10. The van der Waals surface area contributed by atoms with Gasteiger partial charge in [-0.05, 0) is 60.9 Å². The van der Waals surface area contributed by atoms with Crippen molar-refractivity contribution in [1.29, 1.82) is 0 Å². The highest BCUT2D eigenvalue weighted by Crippen LogP contribution is 2.38. The van der Waals surface area contributed by atoms with Crippen molar-refractivity contribution < 1.29 is 4.79 Å². The SMILES string of the molecule is Cc1ccc2c(c1)S[C@@H](C(=O)Nc1ccc(SCc3cccnc3)cc1)C2. The average molecular weight is 393 g/mol. The number of benzene rings is 2. The number of fused-ring (bicyclic) bond motifs is 1. The number of thioether (sulfide) groups is 2. The minimum absolute atomic E-state index is 0.0542. The van der Waals surface area contributed by atoms with Gasteiger partial charge in [-0.1, -0.05) is 23.8 Å². The van der Waals surface area contributed by atoms with E-state index in [1.54, 1.807) is 29.7 Å². The van der Waals surface area contributed by atoms with E-state index in [4.69, 9.17) is 0 Å². The predicted molar refractivity (Wildman–Crippen MR) is 113 cm³/mol. The number of nitrogens with zero attached hydrogens (tertiary/aromatic N) is 1. The molecule has 2 heterocycles. The minimum atomic E-state index is -0.0542. The van der Waals surface area contributed by atoms with Crippen molar-refractivity contribution in [3.63, 3.8) is 0 Å². The van der Waals surface area contributed by atoms with E-state index >= 15 is 0 Å². The quantitative estimate of drug-likeness (QED) is 0.595. The molecule has 0 fully saturated rings. The third-order valence-electron chi connectivity index (χ3n) is 4.44. The van der Waals surface area contributed by atoms with Crippen LogP contribution in [0.15, 0.2) is 76.8 Å². The summed E-state index contributed by atoms with van der Waals surface area (Å²) in [5, 5.41) is 3.00. The fraction of sp³-hybridized carbons (Fsp3) is 0.182. The number of hydrogen-bond acceptors (Lipinski definition) is 4. The van der Waals surface area contributed by atoms with Crippen molar-refractivity contribution in [2.75, 3.05) is 5.32 Å². The van der Waals surface area contributed by atoms with Gasteiger partial charge in [0.05, 0.1) is 5.25 Å². The summed E-state index contributed by atoms with van der Waals surface area (Å²) in [5.74, 6) is 0.959. The van der Waals surface area contributed by atoms with Crippen LogP contribution < -0.4 is 5.32 Å². The Morgan fingerprint density at radius 2 is 2.07 bits per heavy atom. The smallest absolute Gasteiger partial charge is 0.238 e. The molecule has 1 aliphatic rings. The number of carbonyl (C=O) groups is 1. The number of anilines is 1. The van der Waals surface area contributed by atoms with E-state index in [2.05, 4.69) is 53.6 Å². The maximum atomic E-state index is 12.6. The summed E-state index contributed by atoms with van der Waals surface area (Å²) in [6, 6.07) is 18.5. The van der Waals surface area contributed by atoms with Gasteiger partial charge in [0.1, 0.15) is 0 Å². The molecule has 27 heavy (non-hydrogen) atoms. The van der Waals surface area contributed by atoms with Gasteiger partial charge in [-0.15, -0.1) is 23.5 Å². The minimum Gasteiger partial charge on any atom is -0.325 e. The molecule has 1 N–H and O–H groups in total. The van der Waals surface area contributed by atoms with Crippen LogP contribution >= 0.6 is 23.5 Å². The summed E-state index contributed by atoms with van der Waals surface area (Å²) in [7, 11) is 0. The Hall–Kier alpha value is -2.24. The zero-order chi connectivity index (χ0) is 18.6. The zero-order valence-corrected chi connectivity index (χ0v) is 16.6. The Kier molecular flexibility index (Phi) is 5.50. The molecule has 1 aliphatic heterocycles. The molecule has 1 amide bonds. The maximum absolute atomic E-state index is 12.6. The number of aryl methyl sites for hydroxylation is 1. The van der Waals surface area contributed by atoms with E-state index < -0.39 is 0 Å². The first-order valence-electron chi connectivity index (χ1n) is 8.86. The monoisotopic (exact) mass is 392 g/mol. The third-order valence-corrected chi connectivity index (χ3v) is 6.82. The van der Waals surface area contributed by atoms with Gasteiger partial charge in [-0.3, -0.25) is 9.78 Å². The van der Waals surface area contributed by atoms with Crippen molar-refractivity contribution >= 4 is 35.1 Å². The Bertz CT molecular complexity index is 942. The molecule has 2 aromatic carbocycles. The highest BCUT2D eigenvalue weighted by molar-refractivity contribution is 8.01. The normalized spacial score (nSPS) is 15.4. The summed E-state index contributed by atoms with van der Waals surface area (Å²) in [4.78, 5) is 19.2. The van der Waals surface area contributed by atoms with Gasteiger partial charge < -0.3 is 5.32 Å². The molecule has 0 radical (unpaired) electrons. The van der Waals surface area contributed by atoms with Crippen LogP contribution in [0.2, 0.25) is 0 Å². The van der Waals surface area contributed by atoms with E-state index in [-0.39, 0.29) is 11.2 Å². The van der Waals surface area contributed by atoms with Gasteiger partial charge in [0.25, 0.3) is 0 Å². The van der Waals surface area contributed by atoms with Gasteiger partial charge in [-0.2, -0.15) is 0 Å². The van der Waals surface area contributed by atoms with E-state index in [0.717, 1.165) is 17.9 Å². The molecule has 1 atom stereocenters. The molecule has 136 valence electrons. The molecule has 4 rings (SSSR count). The Morgan fingerprint density at radius 3 is 2.85 bits per heavy atom. The zero-order valence-electron chi connectivity index (χ0n) is 15.0. The van der Waals surface area contributed by atoms with Crippen molar-refractivity contribution in [3.8, 4) is 0 Å². The molecule has 0 saturated heterocycles. The molecule has 0 spiro atoms. The summed E-state index contributed by atoms with van der Waals surface area (Å²) >= 11 is 3.43. The molecule has 3 nitrogen and oxygen atoms in total. The molecule has 1 aromatic heterocycles. The second-order valence-corrected chi connectivity index (χ2v) is 8.88. The van der Waals surface area contributed by atoms with Crippen molar-refractivity contribution in [2.24, 2.45) is 0 Å². The fourth-order valence-corrected chi connectivity index (χ4v) is 5.11. The number of pyridine rings is 1. The average Bonchev–Trinajstić information content (AvgIpc) is 3.11. The van der Waals surface area contributed by atoms with Gasteiger partial charge >= 0.3 is 0 Å². The lowest BCUT2D eigenvalue weighted by molar-refractivity contribution is -0.115. The highest BCUT2D eigenvalue weighted by Gasteiger charge is 2.28. The molecular formula is C22H20N2OS2. The maximum Gasteiger partial charge on any atom is 0.238 e. The Labute approximate surface area is 168 Å². The highest BCUT2D eigenvalue weighted by atomic mass is 32.2. The second-order valence-electron chi connectivity index (χ2n) is 6.59. The van der Waals surface area contributed by atoms with Crippen LogP contribution in [-0.2, 0) is 17.0 Å². The summed E-state index contributed by atoms with van der Waals surface area (Å²) < 4.78 is 0. The van der Waals surface area contributed by atoms with Crippen LogP contribution in [0, 0.1) is 6.92 Å². The Balaban J connectivity index is 1.33. The topological polar surface area (TPSA) is 42.0 Å². The second kappa shape index (κ2) is 8.19. The molecular weight excluding hydrogens is 372 g/mol. The number of hydrogen-bond donors (Lipinski definition) is 1. The molecule has 0 bridgehead atoms. The van der Waals surface area contributed by atoms with Crippen LogP contribution in [0.3, 0.4) is 0 Å². The Morgan fingerprint density at radius 1 is 1.22 bits per heavy atom. The van der Waals surface area contributed by atoms with Gasteiger partial charge in [0, 0.05) is 33.6 Å². The van der Waals surface area contributed by atoms with Crippen LogP contribution in [0.25, 0.3) is 0 Å². The number of carbonyl (C=O) groups excluding carboxylic acids is 1. The first-order valence-corrected chi connectivity index (χ1v) is 10.7. The number of aromatic nitrogens is 1. The van der Waals surface area contributed by atoms with Crippen molar-refractivity contribution in [1.82, 2.24) is 4.98 Å². The molecule has 0 unspecified atom stereocenters. The van der Waals surface area contributed by atoms with Crippen molar-refractivity contribution in [3.05, 3.63) is 83.7 Å². The number of nitrogens with one attached hydrogen (secondary N) is 1. The largest absolute Gasteiger partial charge is 0.325 e. The summed E-state index contributed by atoms with van der Waals surface area (Å²) in [5.41, 5.74) is 4.56. The third kappa shape index (κ3) is 4.54. The molecule has 0 saturated carbocycles.